The lowest BCUT2D eigenvalue weighted by molar-refractivity contribution is -0.386. The van der Waals surface area contributed by atoms with Crippen LogP contribution in [-0.2, 0) is 47.1 Å². The molecule has 18 rings (SSSR count). The molecule has 33 heteroatoms. The summed E-state index contributed by atoms with van der Waals surface area (Å²) in [6.07, 6.45) is 21.8. The van der Waals surface area contributed by atoms with Crippen LogP contribution in [-0.4, -0.2) is 186 Å². The van der Waals surface area contributed by atoms with E-state index in [-0.39, 0.29) is 106 Å². The molecular formula is C100H114Cl2N12O17S2. The Morgan fingerprint density at radius 3 is 1.32 bits per heavy atom. The molecular weight excluding hydrogens is 1780 g/mol. The van der Waals surface area contributed by atoms with Gasteiger partial charge in [-0.2, -0.15) is 0 Å². The van der Waals surface area contributed by atoms with E-state index in [4.69, 9.17) is 56.4 Å². The lowest BCUT2D eigenvalue weighted by Crippen LogP contribution is -2.47. The van der Waals surface area contributed by atoms with Crippen LogP contribution in [0.1, 0.15) is 167 Å². The lowest BCUT2D eigenvalue weighted by Gasteiger charge is -2.39. The van der Waals surface area contributed by atoms with Gasteiger partial charge in [0, 0.05) is 165 Å². The van der Waals surface area contributed by atoms with E-state index in [0.29, 0.717) is 67.0 Å². The molecule has 2 amide bonds. The fourth-order valence-corrected chi connectivity index (χ4v) is 21.9. The molecule has 4 fully saturated rings. The molecule has 133 heavy (non-hydrogen) atoms. The largest absolute Gasteiger partial charge is 0.493 e. The Morgan fingerprint density at radius 2 is 0.925 bits per heavy atom. The second-order valence-corrected chi connectivity index (χ2v) is 42.5. The normalized spacial score (nSPS) is 21.2. The highest BCUT2D eigenvalue weighted by atomic mass is 35.5. The van der Waals surface area contributed by atoms with Crippen molar-refractivity contribution in [2.75, 3.05) is 109 Å². The van der Waals surface area contributed by atoms with Crippen LogP contribution in [0.2, 0.25) is 10.0 Å². The van der Waals surface area contributed by atoms with Crippen LogP contribution in [0.25, 0.3) is 33.2 Å². The number of aromatic amines is 2. The third-order valence-corrected chi connectivity index (χ3v) is 30.6. The SMILES string of the molecule is CC1CCC(OC[C@@H]2COc3cc(S(=O)(=O)NC(=O)c4ccc(N5CCN(CC6=C(c7ccc(Cl)cc7)CC(C)(C)CC6)CC5)cc4Oc4cnc5[nH]ccc5c4)cc([N+](=O)[O-])c3C2)CC1.COC1CCC(OC[C@@H]2COc3cc(S(=O)(=O)NC(=O)c4ccc(N5CCN(CC6=C(c7ccc(Cl)cc7)CC(C)(C)CC6)CC5)cc4Oc4cnc5[nH]ccc5c4)cc([N+](=O)[O-])c3C2)CC1. The van der Waals surface area contributed by atoms with Crippen molar-refractivity contribution in [1.29, 1.82) is 0 Å². The Kier molecular flexibility index (Phi) is 28.4. The number of carbonyl (C=O) groups excluding carboxylic acids is 2. The second kappa shape index (κ2) is 40.3. The number of allylic oxidation sites excluding steroid dienone is 2. The highest BCUT2D eigenvalue weighted by Gasteiger charge is 2.39. The zero-order valence-corrected chi connectivity index (χ0v) is 78.9. The summed E-state index contributed by atoms with van der Waals surface area (Å²) in [5.41, 5.74) is 11.3. The molecule has 6 aromatic carbocycles. The fraction of sp³-hybridized carbons (Fsp3) is 0.440. The van der Waals surface area contributed by atoms with E-state index < -0.39 is 57.2 Å². The molecule has 29 nitrogen and oxygen atoms in total. The maximum Gasteiger partial charge on any atom is 0.277 e. The van der Waals surface area contributed by atoms with E-state index in [1.807, 2.05) is 36.4 Å². The van der Waals surface area contributed by atoms with Gasteiger partial charge in [0.1, 0.15) is 45.8 Å². The summed E-state index contributed by atoms with van der Waals surface area (Å²) in [5.74, 6) is -0.424. The molecule has 4 N–H and O–H groups in total. The van der Waals surface area contributed by atoms with Crippen LogP contribution >= 0.6 is 23.2 Å². The Morgan fingerprint density at radius 1 is 0.526 bits per heavy atom. The quantitative estimate of drug-likeness (QED) is 0.0274. The number of anilines is 2. The first-order valence-corrected chi connectivity index (χ1v) is 49.8. The van der Waals surface area contributed by atoms with Gasteiger partial charge in [-0.1, -0.05) is 93.2 Å². The summed E-state index contributed by atoms with van der Waals surface area (Å²) >= 11 is 12.5. The molecule has 0 spiro atoms. The number of methoxy groups -OCH3 is 1. The van der Waals surface area contributed by atoms with E-state index in [9.17, 15) is 46.7 Å². The second-order valence-electron chi connectivity index (χ2n) is 38.3. The number of pyridine rings is 2. The molecule has 4 aromatic heterocycles. The van der Waals surface area contributed by atoms with Crippen LogP contribution in [0.4, 0.5) is 22.7 Å². The van der Waals surface area contributed by atoms with Gasteiger partial charge in [-0.05, 0) is 215 Å². The number of amides is 2. The van der Waals surface area contributed by atoms with Gasteiger partial charge in [-0.15, -0.1) is 0 Å². The molecule has 10 aromatic rings. The van der Waals surface area contributed by atoms with Crippen molar-refractivity contribution >= 4 is 111 Å². The molecule has 8 aliphatic rings. The molecule has 4 aliphatic heterocycles. The van der Waals surface area contributed by atoms with Crippen LogP contribution in [0.3, 0.4) is 0 Å². The monoisotopic (exact) mass is 1890 g/mol. The number of ether oxygens (including phenoxy) is 7. The molecule has 2 saturated carbocycles. The number of piperazine rings is 2. The van der Waals surface area contributed by atoms with Crippen molar-refractivity contribution in [3.8, 4) is 34.5 Å². The Labute approximate surface area is 785 Å². The average molecular weight is 1890 g/mol. The summed E-state index contributed by atoms with van der Waals surface area (Å²) < 4.78 is 103. The van der Waals surface area contributed by atoms with E-state index in [0.717, 1.165) is 187 Å². The van der Waals surface area contributed by atoms with Crippen LogP contribution < -0.4 is 38.2 Å². The predicted octanol–water partition coefficient (Wildman–Crippen LogP) is 19.3. The topological polar surface area (TPSA) is 348 Å². The van der Waals surface area contributed by atoms with E-state index in [1.165, 1.54) is 57.9 Å². The zero-order valence-electron chi connectivity index (χ0n) is 75.8. The molecule has 8 heterocycles. The van der Waals surface area contributed by atoms with Crippen LogP contribution in [0.5, 0.6) is 34.5 Å². The van der Waals surface area contributed by atoms with E-state index in [1.54, 1.807) is 68.0 Å². The van der Waals surface area contributed by atoms with Gasteiger partial charge in [0.05, 0.1) is 99.0 Å². The highest BCUT2D eigenvalue weighted by Crippen LogP contribution is 2.48. The van der Waals surface area contributed by atoms with E-state index in [2.05, 4.69) is 108 Å². The number of hydrogen-bond acceptors (Lipinski definition) is 23. The maximum atomic E-state index is 14.1. The van der Waals surface area contributed by atoms with Gasteiger partial charge in [-0.25, -0.2) is 36.2 Å². The number of aromatic nitrogens is 4. The number of benzene rings is 6. The van der Waals surface area contributed by atoms with Gasteiger partial charge < -0.3 is 52.9 Å². The number of halogens is 2. The summed E-state index contributed by atoms with van der Waals surface area (Å²) in [5, 5.41) is 27.8. The minimum atomic E-state index is -4.65. The van der Waals surface area contributed by atoms with E-state index >= 15 is 0 Å². The molecule has 2 saturated heterocycles. The van der Waals surface area contributed by atoms with Crippen LogP contribution in [0, 0.1) is 48.8 Å². The first-order chi connectivity index (χ1) is 63.9. The van der Waals surface area contributed by atoms with Crippen molar-refractivity contribution in [2.24, 2.45) is 28.6 Å². The Hall–Kier alpha value is -11.0. The molecule has 4 aliphatic carbocycles. The molecule has 0 unspecified atom stereocenters. The number of H-pyrrole nitrogens is 2. The first-order valence-electron chi connectivity index (χ1n) is 46.0. The van der Waals surface area contributed by atoms with Crippen LogP contribution in [0.15, 0.2) is 179 Å². The number of carbonyl (C=O) groups is 2. The lowest BCUT2D eigenvalue weighted by atomic mass is 9.72. The summed E-state index contributed by atoms with van der Waals surface area (Å²) in [4.78, 5) is 75.2. The summed E-state index contributed by atoms with van der Waals surface area (Å²) in [6.45, 7) is 20.6. The number of nitrogens with one attached hydrogen (secondary N) is 4. The van der Waals surface area contributed by atoms with Gasteiger partial charge in [0.25, 0.3) is 43.2 Å². The van der Waals surface area contributed by atoms with Crippen molar-refractivity contribution in [2.45, 2.75) is 165 Å². The molecule has 702 valence electrons. The number of nitro benzene ring substituents is 2. The van der Waals surface area contributed by atoms with Gasteiger partial charge in [0.15, 0.2) is 0 Å². The molecule has 0 radical (unpaired) electrons. The van der Waals surface area contributed by atoms with Gasteiger partial charge in [-0.3, -0.25) is 39.6 Å². The number of fused-ring (bicyclic) bond motifs is 4. The smallest absolute Gasteiger partial charge is 0.277 e. The number of sulfonamides is 2. The van der Waals surface area contributed by atoms with Crippen molar-refractivity contribution in [3.05, 3.63) is 233 Å². The third kappa shape index (κ3) is 22.7. The van der Waals surface area contributed by atoms with Crippen molar-refractivity contribution in [1.82, 2.24) is 39.2 Å². The minimum absolute atomic E-state index is 0.0454. The Balaban J connectivity index is 0.000000185. The predicted molar refractivity (Wildman–Crippen MR) is 512 cm³/mol. The standard InChI is InChI=1S/C50H57ClN6O9S.C50H57ClN6O8S/c1-50(2)16-14-35(44(27-50)33-4-6-36(51)7-5-33)29-55-18-20-56(21-19-55)37-8-13-42(47(24-37)66-40-23-34-15-17-52-48(34)53-28-40)49(58)54-67(61,62)41-25-45(57(59)60)43-22-32(31-65-46(43)26-41)30-64-39-11-9-38(63-3)10-12-39;1-32-4-11-39(12-5-32)63-30-33-22-43-45(57(59)60)25-41(26-46(43)64-31-33)66(61,62)54-49(58)42-13-10-38(24-47(42)65-40-23-35-15-17-52-48(35)53-28-40)56-20-18-55(19-21-56)29-36-14-16-50(2,3)27-44(36)34-6-8-37(51)9-7-34/h4-8,13,15,17,23-26,28,32,38-39H,9-12,14,16,18-22,27,29-31H2,1-3H3,(H,52,53)(H,54,58);6-10,13,15,17,23-26,28,32-33,39H,4-5,11-12,14,16,18-22,27,29-31H2,1-3H3,(H,52,53)(H,54,58)/t32-,38?,39?;32?,33-,39?/m11/s1. The van der Waals surface area contributed by atoms with Gasteiger partial charge in [0.2, 0.25) is 0 Å². The third-order valence-electron chi connectivity index (χ3n) is 27.5. The number of rotatable bonds is 27. The summed E-state index contributed by atoms with van der Waals surface area (Å²) in [7, 11) is -7.57. The number of nitrogens with zero attached hydrogens (tertiary/aromatic N) is 8. The maximum absolute atomic E-state index is 14.1. The number of hydrogen-bond donors (Lipinski definition) is 4. The summed E-state index contributed by atoms with van der Waals surface area (Å²) in [6, 6.07) is 38.2. The highest BCUT2D eigenvalue weighted by molar-refractivity contribution is 7.90. The zero-order chi connectivity index (χ0) is 93.0. The molecule has 2 atom stereocenters. The minimum Gasteiger partial charge on any atom is -0.493 e. The number of nitro groups is 2. The van der Waals surface area contributed by atoms with Crippen molar-refractivity contribution in [3.63, 3.8) is 0 Å². The van der Waals surface area contributed by atoms with Gasteiger partial charge >= 0.3 is 0 Å². The Bertz CT molecular complexity index is 6290. The first kappa shape index (κ1) is 93.8. The van der Waals surface area contributed by atoms with Crippen molar-refractivity contribution < 1.29 is 69.4 Å². The fourth-order valence-electron chi connectivity index (χ4n) is 19.6. The molecule has 0 bridgehead atoms. The average Bonchev–Trinajstić information content (AvgIpc) is 1.10.